The molecule has 0 spiro atoms. The Kier molecular flexibility index (Phi) is 5.04. The molecule has 0 unspecified atom stereocenters. The Hall–Kier alpha value is -1.43. The van der Waals surface area contributed by atoms with E-state index in [1.807, 2.05) is 6.92 Å². The Labute approximate surface area is 166 Å². The van der Waals surface area contributed by atoms with Crippen molar-refractivity contribution in [1.29, 1.82) is 0 Å². The Morgan fingerprint density at radius 3 is 2.85 bits per heavy atom. The van der Waals surface area contributed by atoms with Gasteiger partial charge in [-0.25, -0.2) is 9.97 Å². The number of halogens is 1. The third-order valence-corrected chi connectivity index (χ3v) is 7.12. The van der Waals surface area contributed by atoms with Crippen molar-refractivity contribution in [2.75, 3.05) is 5.75 Å². The zero-order valence-electron chi connectivity index (χ0n) is 14.7. The lowest BCUT2D eigenvalue weighted by atomic mass is 9.89. The van der Waals surface area contributed by atoms with Crippen LogP contribution in [0.3, 0.4) is 0 Å². The van der Waals surface area contributed by atoms with Crippen molar-refractivity contribution in [2.24, 2.45) is 5.92 Å². The lowest BCUT2D eigenvalue weighted by Crippen LogP contribution is -2.09. The number of thioether (sulfide) groups is 1. The molecule has 3 aromatic rings. The van der Waals surface area contributed by atoms with Crippen LogP contribution in [0.1, 0.15) is 40.0 Å². The van der Waals surface area contributed by atoms with Gasteiger partial charge in [0.2, 0.25) is 0 Å². The van der Waals surface area contributed by atoms with Crippen LogP contribution in [0.15, 0.2) is 29.3 Å². The number of hydrogen-bond donors (Lipinski definition) is 0. The second-order valence-corrected chi connectivity index (χ2v) is 9.31. The monoisotopic (exact) mass is 402 g/mol. The average Bonchev–Trinajstić information content (AvgIpc) is 2.96. The van der Waals surface area contributed by atoms with Crippen molar-refractivity contribution in [3.8, 4) is 0 Å². The number of fused-ring (bicyclic) bond motifs is 3. The predicted octanol–water partition coefficient (Wildman–Crippen LogP) is 5.75. The molecule has 1 aliphatic carbocycles. The van der Waals surface area contributed by atoms with Crippen LogP contribution < -0.4 is 0 Å². The number of rotatable bonds is 4. The molecule has 6 heteroatoms. The van der Waals surface area contributed by atoms with Gasteiger partial charge in [0, 0.05) is 20.8 Å². The van der Waals surface area contributed by atoms with Crippen molar-refractivity contribution in [1.82, 2.24) is 9.97 Å². The van der Waals surface area contributed by atoms with Gasteiger partial charge in [0.05, 0.1) is 5.75 Å². The molecule has 26 heavy (non-hydrogen) atoms. The standard InChI is InChI=1S/C20H19ClN2OS2/c1-11-3-8-15-17(9-11)26-20-18(15)19(22-12(2)23-20)25-10-16(24)13-4-6-14(21)7-5-13/h4-7,11H,3,8-10H2,1-2H3/t11-/m0/s1. The number of aryl methyl sites for hydroxylation is 2. The van der Waals surface area contributed by atoms with Crippen molar-refractivity contribution >= 4 is 50.7 Å². The molecule has 0 N–H and O–H groups in total. The van der Waals surface area contributed by atoms with Gasteiger partial charge in [-0.1, -0.05) is 30.3 Å². The molecule has 134 valence electrons. The van der Waals surface area contributed by atoms with Gasteiger partial charge in [0.1, 0.15) is 15.7 Å². The first kappa shape index (κ1) is 18.0. The molecule has 0 aliphatic heterocycles. The van der Waals surface area contributed by atoms with E-state index in [9.17, 15) is 4.79 Å². The highest BCUT2D eigenvalue weighted by molar-refractivity contribution is 8.00. The normalized spacial score (nSPS) is 16.7. The topological polar surface area (TPSA) is 42.9 Å². The molecule has 4 rings (SSSR count). The SMILES string of the molecule is Cc1nc(SCC(=O)c2ccc(Cl)cc2)c2c3c(sc2n1)C[C@@H](C)CC3. The summed E-state index contributed by atoms with van der Waals surface area (Å²) < 4.78 is 0. The molecule has 0 fully saturated rings. The second kappa shape index (κ2) is 7.29. The Morgan fingerprint density at radius 2 is 2.08 bits per heavy atom. The lowest BCUT2D eigenvalue weighted by Gasteiger charge is -2.18. The van der Waals surface area contributed by atoms with E-state index in [0.717, 1.165) is 34.4 Å². The first-order valence-corrected chi connectivity index (χ1v) is 10.9. The van der Waals surface area contributed by atoms with Crippen molar-refractivity contribution < 1.29 is 4.79 Å². The van der Waals surface area contributed by atoms with Gasteiger partial charge < -0.3 is 0 Å². The van der Waals surface area contributed by atoms with E-state index >= 15 is 0 Å². The summed E-state index contributed by atoms with van der Waals surface area (Å²) in [5.41, 5.74) is 2.09. The van der Waals surface area contributed by atoms with Crippen molar-refractivity contribution in [2.45, 2.75) is 38.1 Å². The molecular formula is C20H19ClN2OS2. The quantitative estimate of drug-likeness (QED) is 0.316. The molecule has 1 aliphatic rings. The summed E-state index contributed by atoms with van der Waals surface area (Å²) in [4.78, 5) is 24.4. The number of carbonyl (C=O) groups excluding carboxylic acids is 1. The first-order chi connectivity index (χ1) is 12.5. The molecule has 1 aromatic carbocycles. The molecule has 2 aromatic heterocycles. The number of nitrogens with zero attached hydrogens (tertiary/aromatic N) is 2. The summed E-state index contributed by atoms with van der Waals surface area (Å²) in [5.74, 6) is 1.96. The number of benzene rings is 1. The van der Waals surface area contributed by atoms with Crippen LogP contribution in [0.5, 0.6) is 0 Å². The molecule has 0 radical (unpaired) electrons. The zero-order chi connectivity index (χ0) is 18.3. The van der Waals surface area contributed by atoms with E-state index in [0.29, 0.717) is 16.3 Å². The van der Waals surface area contributed by atoms with Gasteiger partial charge in [-0.15, -0.1) is 11.3 Å². The number of Topliss-reactive ketones (excluding diaryl/α,β-unsaturated/α-hetero) is 1. The summed E-state index contributed by atoms with van der Waals surface area (Å²) in [7, 11) is 0. The van der Waals surface area contributed by atoms with Crippen LogP contribution in [-0.2, 0) is 12.8 Å². The summed E-state index contributed by atoms with van der Waals surface area (Å²) in [5, 5.41) is 2.76. The molecule has 0 amide bonds. The van der Waals surface area contributed by atoms with Gasteiger partial charge in [0.25, 0.3) is 0 Å². The van der Waals surface area contributed by atoms with Gasteiger partial charge in [0.15, 0.2) is 5.78 Å². The third kappa shape index (κ3) is 3.53. The highest BCUT2D eigenvalue weighted by atomic mass is 35.5. The predicted molar refractivity (Wildman–Crippen MR) is 110 cm³/mol. The molecule has 2 heterocycles. The fraction of sp³-hybridized carbons (Fsp3) is 0.350. The minimum absolute atomic E-state index is 0.0915. The van der Waals surface area contributed by atoms with Gasteiger partial charge in [-0.3, -0.25) is 4.79 Å². The van der Waals surface area contributed by atoms with Crippen LogP contribution >= 0.6 is 34.7 Å². The average molecular weight is 403 g/mol. The second-order valence-electron chi connectivity index (χ2n) is 6.83. The fourth-order valence-corrected chi connectivity index (χ4v) is 5.98. The van der Waals surface area contributed by atoms with E-state index in [2.05, 4.69) is 16.9 Å². The molecule has 0 saturated heterocycles. The maximum absolute atomic E-state index is 12.5. The first-order valence-electron chi connectivity index (χ1n) is 8.71. The van der Waals surface area contributed by atoms with Crippen LogP contribution in [-0.4, -0.2) is 21.5 Å². The van der Waals surface area contributed by atoms with Crippen LogP contribution in [0.2, 0.25) is 5.02 Å². The minimum atomic E-state index is 0.0915. The number of carbonyl (C=O) groups is 1. The van der Waals surface area contributed by atoms with Crippen molar-refractivity contribution in [3.05, 3.63) is 51.1 Å². The third-order valence-electron chi connectivity index (χ3n) is 4.74. The summed E-state index contributed by atoms with van der Waals surface area (Å²) >= 11 is 9.23. The summed E-state index contributed by atoms with van der Waals surface area (Å²) in [6, 6.07) is 7.06. The van der Waals surface area contributed by atoms with E-state index < -0.39 is 0 Å². The highest BCUT2D eigenvalue weighted by Gasteiger charge is 2.24. The molecule has 3 nitrogen and oxygen atoms in total. The Bertz CT molecular complexity index is 982. The summed E-state index contributed by atoms with van der Waals surface area (Å²) in [6.07, 6.45) is 3.42. The van der Waals surface area contributed by atoms with E-state index in [4.69, 9.17) is 11.6 Å². The number of ketones is 1. The zero-order valence-corrected chi connectivity index (χ0v) is 17.1. The van der Waals surface area contributed by atoms with Gasteiger partial charge in [-0.2, -0.15) is 0 Å². The summed E-state index contributed by atoms with van der Waals surface area (Å²) in [6.45, 7) is 4.23. The molecule has 0 bridgehead atoms. The van der Waals surface area contributed by atoms with E-state index in [1.165, 1.54) is 34.0 Å². The Balaban J connectivity index is 1.63. The number of hydrogen-bond acceptors (Lipinski definition) is 5. The lowest BCUT2D eigenvalue weighted by molar-refractivity contribution is 0.102. The number of thiophene rings is 1. The van der Waals surface area contributed by atoms with Gasteiger partial charge in [-0.05, 0) is 61.9 Å². The van der Waals surface area contributed by atoms with Crippen LogP contribution in [0, 0.1) is 12.8 Å². The maximum Gasteiger partial charge on any atom is 0.173 e. The van der Waals surface area contributed by atoms with E-state index in [-0.39, 0.29) is 5.78 Å². The number of aromatic nitrogens is 2. The Morgan fingerprint density at radius 1 is 1.31 bits per heavy atom. The van der Waals surface area contributed by atoms with E-state index in [1.54, 1.807) is 35.6 Å². The van der Waals surface area contributed by atoms with Crippen LogP contribution in [0.4, 0.5) is 0 Å². The maximum atomic E-state index is 12.5. The minimum Gasteiger partial charge on any atom is -0.293 e. The molecule has 0 saturated carbocycles. The van der Waals surface area contributed by atoms with Gasteiger partial charge >= 0.3 is 0 Å². The fourth-order valence-electron chi connectivity index (χ4n) is 3.37. The molecular weight excluding hydrogens is 384 g/mol. The molecule has 1 atom stereocenters. The largest absolute Gasteiger partial charge is 0.293 e. The smallest absolute Gasteiger partial charge is 0.173 e. The highest BCUT2D eigenvalue weighted by Crippen LogP contribution is 2.41. The van der Waals surface area contributed by atoms with Crippen molar-refractivity contribution in [3.63, 3.8) is 0 Å². The van der Waals surface area contributed by atoms with Crippen LogP contribution in [0.25, 0.3) is 10.2 Å².